The summed E-state index contributed by atoms with van der Waals surface area (Å²) in [6.07, 6.45) is 8.12. The zero-order valence-electron chi connectivity index (χ0n) is 13.8. The van der Waals surface area contributed by atoms with Gasteiger partial charge in [-0.05, 0) is 25.6 Å². The van der Waals surface area contributed by atoms with Crippen LogP contribution in [0.4, 0.5) is 0 Å². The van der Waals surface area contributed by atoms with Gasteiger partial charge in [-0.15, -0.1) is 12.1 Å². The first kappa shape index (κ1) is 19.5. The zero-order chi connectivity index (χ0) is 15.5. The number of methoxy groups -OCH3 is 1. The van der Waals surface area contributed by atoms with E-state index in [1.165, 1.54) is 5.56 Å². The van der Waals surface area contributed by atoms with Gasteiger partial charge in [0.15, 0.2) is 0 Å². The minimum Gasteiger partial charge on any atom is -0.523 e. The van der Waals surface area contributed by atoms with Crippen LogP contribution in [0.3, 0.4) is 0 Å². The van der Waals surface area contributed by atoms with Gasteiger partial charge in [-0.1, -0.05) is 25.0 Å². The summed E-state index contributed by atoms with van der Waals surface area (Å²) < 4.78 is 5.17. The summed E-state index contributed by atoms with van der Waals surface area (Å²) in [5.74, 6) is 1.70. The van der Waals surface area contributed by atoms with E-state index in [-0.39, 0.29) is 55.0 Å². The number of hydrogen-bond donors (Lipinski definition) is 1. The first-order chi connectivity index (χ1) is 10.7. The first-order valence-corrected chi connectivity index (χ1v) is 7.79. The van der Waals surface area contributed by atoms with Gasteiger partial charge in [-0.2, -0.15) is 23.6 Å². The summed E-state index contributed by atoms with van der Waals surface area (Å²) in [4.78, 5) is 6.91. The quantitative estimate of drug-likeness (QED) is 0.257. The molecule has 5 heteroatoms. The number of likely N-dealkylation sites (tertiary alicyclic amines) is 1. The van der Waals surface area contributed by atoms with Crippen molar-refractivity contribution in [3.63, 3.8) is 0 Å². The van der Waals surface area contributed by atoms with Gasteiger partial charge in [-0.3, -0.25) is 16.6 Å². The van der Waals surface area contributed by atoms with E-state index in [1.807, 2.05) is 18.2 Å². The van der Waals surface area contributed by atoms with Crippen molar-refractivity contribution in [2.45, 2.75) is 25.0 Å². The van der Waals surface area contributed by atoms with Gasteiger partial charge in [0.05, 0.1) is 7.11 Å². The molecule has 1 N–H and O–H groups in total. The number of nitrogens with zero attached hydrogens (tertiary/aromatic N) is 1. The second-order valence-electron chi connectivity index (χ2n) is 6.19. The van der Waals surface area contributed by atoms with Crippen LogP contribution in [-0.2, 0) is 11.3 Å². The third-order valence-corrected chi connectivity index (χ3v) is 4.91. The number of fused-ring (bicyclic) bond motifs is 1. The van der Waals surface area contributed by atoms with Gasteiger partial charge in [0, 0.05) is 11.8 Å². The second-order valence-corrected chi connectivity index (χ2v) is 6.19. The molecule has 0 spiro atoms. The van der Waals surface area contributed by atoms with Gasteiger partial charge < -0.3 is 9.64 Å². The van der Waals surface area contributed by atoms with Crippen LogP contribution in [0.25, 0.3) is 0 Å². The molecule has 0 saturated carbocycles. The number of benzene rings is 1. The summed E-state index contributed by atoms with van der Waals surface area (Å²) in [5, 5.41) is 8.87. The molecule has 4 nitrogen and oxygen atoms in total. The smallest absolute Gasteiger partial charge is 0.523 e. The average molecular weight is 439 g/mol. The van der Waals surface area contributed by atoms with Gasteiger partial charge in [0.2, 0.25) is 0 Å². The van der Waals surface area contributed by atoms with E-state index >= 15 is 0 Å². The molecule has 0 aromatic heterocycles. The van der Waals surface area contributed by atoms with E-state index in [4.69, 9.17) is 9.99 Å². The fourth-order valence-corrected chi connectivity index (χ4v) is 3.63. The minimum absolute atomic E-state index is 0. The van der Waals surface area contributed by atoms with Crippen LogP contribution in [0.1, 0.15) is 12.0 Å². The summed E-state index contributed by atoms with van der Waals surface area (Å²) >= 11 is 0. The summed E-state index contributed by atoms with van der Waals surface area (Å²) in [5.41, 5.74) is 1.27. The maximum Gasteiger partial charge on any atom is 2.00 e. The Hall–Kier alpha value is 0.211. The number of rotatable bonds is 4. The van der Waals surface area contributed by atoms with Crippen LogP contribution in [0, 0.1) is 24.3 Å². The summed E-state index contributed by atoms with van der Waals surface area (Å²) in [7, 11) is 3.85. The van der Waals surface area contributed by atoms with Crippen LogP contribution in [0.5, 0.6) is 5.75 Å². The molecule has 120 valence electrons. The van der Waals surface area contributed by atoms with E-state index < -0.39 is 0 Å². The van der Waals surface area contributed by atoms with Crippen LogP contribution < -0.4 is 4.74 Å². The van der Waals surface area contributed by atoms with E-state index in [9.17, 15) is 0 Å². The van der Waals surface area contributed by atoms with Crippen molar-refractivity contribution in [3.8, 4) is 5.75 Å². The Bertz CT molecular complexity index is 520. The Kier molecular flexibility index (Phi) is 7.70. The topological polar surface area (TPSA) is 41.9 Å². The van der Waals surface area contributed by atoms with E-state index in [2.05, 4.69) is 41.5 Å². The SMILES string of the molecule is COc1[c-]cc(C[C@@H]2[C@@H]3C=C[C@H](OO)[CH-][C@H]3CCN2C)cc1.[Ba+2]. The van der Waals surface area contributed by atoms with Crippen LogP contribution >= 0.6 is 0 Å². The Morgan fingerprint density at radius 3 is 2.87 bits per heavy atom. The average Bonchev–Trinajstić information content (AvgIpc) is 2.57. The van der Waals surface area contributed by atoms with Crippen molar-refractivity contribution in [3.05, 3.63) is 48.4 Å². The largest absolute Gasteiger partial charge is 2.00 e. The molecule has 1 saturated heterocycles. The Balaban J connectivity index is 0.00000192. The van der Waals surface area contributed by atoms with Crippen molar-refractivity contribution < 1.29 is 14.9 Å². The molecule has 2 aliphatic rings. The van der Waals surface area contributed by atoms with E-state index in [1.54, 1.807) is 7.11 Å². The summed E-state index contributed by atoms with van der Waals surface area (Å²) in [6, 6.07) is 9.71. The Morgan fingerprint density at radius 1 is 1.39 bits per heavy atom. The maximum atomic E-state index is 8.87. The Morgan fingerprint density at radius 2 is 2.22 bits per heavy atom. The monoisotopic (exact) mass is 439 g/mol. The molecule has 1 aliphatic heterocycles. The minimum atomic E-state index is -0.264. The molecule has 4 atom stereocenters. The van der Waals surface area contributed by atoms with Crippen LogP contribution in [0.15, 0.2) is 30.4 Å². The molecular weight excluding hydrogens is 416 g/mol. The van der Waals surface area contributed by atoms with Crippen molar-refractivity contribution in [1.29, 1.82) is 0 Å². The standard InChI is InChI=1S/C18H23NO3.Ba/c1-19-10-9-14-12-16(22-20)7-8-17(14)18(19)11-13-3-5-15(21-2)6-4-13;/h3-5,7-8,12,14,16-18,20H,9-11H2,1-2H3;/q-2;+2/t14-,16+,17-,18-;/m1./s1. The zero-order valence-corrected chi connectivity index (χ0v) is 18.3. The molecule has 23 heavy (non-hydrogen) atoms. The molecule has 0 radical (unpaired) electrons. The predicted molar refractivity (Wildman–Crippen MR) is 90.2 cm³/mol. The fraction of sp³-hybridized carbons (Fsp3) is 0.500. The molecule has 1 aromatic carbocycles. The molecule has 1 fully saturated rings. The molecule has 0 bridgehead atoms. The van der Waals surface area contributed by atoms with Gasteiger partial charge >= 0.3 is 48.9 Å². The predicted octanol–water partition coefficient (Wildman–Crippen LogP) is 2.23. The van der Waals surface area contributed by atoms with Crippen LogP contribution in [0.2, 0.25) is 0 Å². The van der Waals surface area contributed by atoms with E-state index in [0.29, 0.717) is 17.9 Å². The van der Waals surface area contributed by atoms with Gasteiger partial charge in [0.25, 0.3) is 0 Å². The molecule has 1 heterocycles. The number of piperidine rings is 1. The number of ether oxygens (including phenoxy) is 1. The number of likely N-dealkylation sites (N-methyl/N-ethyl adjacent to an activating group) is 1. The summed E-state index contributed by atoms with van der Waals surface area (Å²) in [6.45, 7) is 1.06. The third-order valence-electron chi connectivity index (χ3n) is 4.91. The first-order valence-electron chi connectivity index (χ1n) is 7.79. The molecule has 1 aromatic rings. The third kappa shape index (κ3) is 4.64. The van der Waals surface area contributed by atoms with Crippen molar-refractivity contribution in [2.24, 2.45) is 11.8 Å². The fourth-order valence-electron chi connectivity index (χ4n) is 3.63. The number of hydrogen-bond acceptors (Lipinski definition) is 4. The van der Waals surface area contributed by atoms with Crippen molar-refractivity contribution in [2.75, 3.05) is 20.7 Å². The molecule has 0 amide bonds. The van der Waals surface area contributed by atoms with Crippen molar-refractivity contribution in [1.82, 2.24) is 4.90 Å². The molecule has 3 rings (SSSR count). The maximum absolute atomic E-state index is 8.87. The van der Waals surface area contributed by atoms with E-state index in [0.717, 1.165) is 25.1 Å². The second kappa shape index (κ2) is 9.06. The Labute approximate surface area is 178 Å². The molecule has 0 unspecified atom stereocenters. The molecular formula is C18H23BaNO3. The van der Waals surface area contributed by atoms with Gasteiger partial charge in [0.1, 0.15) is 0 Å². The van der Waals surface area contributed by atoms with Crippen molar-refractivity contribution >= 4 is 48.9 Å². The molecule has 1 aliphatic carbocycles. The normalized spacial score (nSPS) is 30.4. The van der Waals surface area contributed by atoms with Gasteiger partial charge in [-0.25, -0.2) is 0 Å². The van der Waals surface area contributed by atoms with Crippen LogP contribution in [-0.4, -0.2) is 91.9 Å².